The number of carboxylic acid groups (broad SMARTS) is 1. The van der Waals surface area contributed by atoms with Crippen molar-refractivity contribution in [2.24, 2.45) is 0 Å². The Labute approximate surface area is 161 Å². The highest BCUT2D eigenvalue weighted by atomic mass is 19.1. The molecule has 1 aliphatic heterocycles. The molecule has 1 fully saturated rings. The molecule has 1 saturated heterocycles. The van der Waals surface area contributed by atoms with Crippen molar-refractivity contribution >= 4 is 29.3 Å². The van der Waals surface area contributed by atoms with Gasteiger partial charge in [-0.1, -0.05) is 12.1 Å². The number of carbonyl (C=O) groups excluding carboxylic acids is 2. The van der Waals surface area contributed by atoms with Crippen LogP contribution in [0.25, 0.3) is 0 Å². The van der Waals surface area contributed by atoms with Gasteiger partial charge in [0.15, 0.2) is 0 Å². The summed E-state index contributed by atoms with van der Waals surface area (Å²) in [5, 5.41) is 12.2. The lowest BCUT2D eigenvalue weighted by Crippen LogP contribution is -2.38. The molecular weight excluding hydrogens is 365 g/mol. The van der Waals surface area contributed by atoms with Crippen LogP contribution in [0.1, 0.15) is 12.0 Å². The van der Waals surface area contributed by atoms with Crippen LogP contribution in [-0.2, 0) is 16.0 Å². The topological polar surface area (TPSA) is 90.0 Å². The summed E-state index contributed by atoms with van der Waals surface area (Å²) in [6.07, 6.45) is -0.0165. The zero-order valence-corrected chi connectivity index (χ0v) is 15.3. The summed E-state index contributed by atoms with van der Waals surface area (Å²) in [4.78, 5) is 39.0. The van der Waals surface area contributed by atoms with E-state index in [1.54, 1.807) is 0 Å². The number of rotatable bonds is 7. The predicted molar refractivity (Wildman–Crippen MR) is 102 cm³/mol. The average molecular weight is 385 g/mol. The van der Waals surface area contributed by atoms with Crippen LogP contribution < -0.4 is 10.2 Å². The SMILES string of the molecule is CNc1ccc(CCN2C(=O)N(c3ccc(F)cc3)C(=O)C2CC(=O)O)cc1. The van der Waals surface area contributed by atoms with E-state index in [0.717, 1.165) is 28.3 Å². The van der Waals surface area contributed by atoms with Gasteiger partial charge in [-0.15, -0.1) is 0 Å². The van der Waals surface area contributed by atoms with E-state index in [1.807, 2.05) is 31.3 Å². The van der Waals surface area contributed by atoms with Crippen molar-refractivity contribution in [3.8, 4) is 0 Å². The second-order valence-corrected chi connectivity index (χ2v) is 6.44. The second-order valence-electron chi connectivity index (χ2n) is 6.44. The van der Waals surface area contributed by atoms with Gasteiger partial charge in [-0.3, -0.25) is 9.59 Å². The molecule has 0 aliphatic carbocycles. The molecule has 1 unspecified atom stereocenters. The third-order valence-corrected chi connectivity index (χ3v) is 4.66. The molecule has 7 nitrogen and oxygen atoms in total. The third kappa shape index (κ3) is 3.95. The lowest BCUT2D eigenvalue weighted by Gasteiger charge is -2.20. The summed E-state index contributed by atoms with van der Waals surface area (Å²) >= 11 is 0. The number of benzene rings is 2. The first-order valence-corrected chi connectivity index (χ1v) is 8.79. The molecule has 3 rings (SSSR count). The molecule has 0 aromatic heterocycles. The molecule has 28 heavy (non-hydrogen) atoms. The molecule has 2 aromatic carbocycles. The first kappa shape index (κ1) is 19.3. The molecular formula is C20H20FN3O4. The van der Waals surface area contributed by atoms with Gasteiger partial charge in [0.1, 0.15) is 11.9 Å². The van der Waals surface area contributed by atoms with Gasteiger partial charge >= 0.3 is 12.0 Å². The van der Waals surface area contributed by atoms with E-state index in [4.69, 9.17) is 5.11 Å². The number of nitrogens with zero attached hydrogens (tertiary/aromatic N) is 2. The summed E-state index contributed by atoms with van der Waals surface area (Å²) in [5.41, 5.74) is 2.11. The number of urea groups is 1. The number of hydrogen-bond acceptors (Lipinski definition) is 4. The Bertz CT molecular complexity index is 883. The van der Waals surface area contributed by atoms with E-state index in [9.17, 15) is 18.8 Å². The van der Waals surface area contributed by atoms with E-state index >= 15 is 0 Å². The number of imide groups is 1. The van der Waals surface area contributed by atoms with Crippen molar-refractivity contribution in [2.45, 2.75) is 18.9 Å². The van der Waals surface area contributed by atoms with Crippen molar-refractivity contribution in [2.75, 3.05) is 23.8 Å². The molecule has 1 aliphatic rings. The first-order valence-electron chi connectivity index (χ1n) is 8.79. The van der Waals surface area contributed by atoms with Crippen LogP contribution in [0.3, 0.4) is 0 Å². The minimum Gasteiger partial charge on any atom is -0.481 e. The summed E-state index contributed by atoms with van der Waals surface area (Å²) in [6, 6.07) is 10.8. The number of halogens is 1. The number of aliphatic carboxylic acids is 1. The van der Waals surface area contributed by atoms with Gasteiger partial charge in [-0.2, -0.15) is 0 Å². The fraction of sp³-hybridized carbons (Fsp3) is 0.250. The summed E-state index contributed by atoms with van der Waals surface area (Å²) in [5.74, 6) is -2.29. The van der Waals surface area contributed by atoms with Crippen LogP contribution >= 0.6 is 0 Å². The predicted octanol–water partition coefficient (Wildman–Crippen LogP) is 2.72. The quantitative estimate of drug-likeness (QED) is 0.716. The molecule has 3 amide bonds. The largest absolute Gasteiger partial charge is 0.481 e. The van der Waals surface area contributed by atoms with Crippen LogP contribution in [0.15, 0.2) is 48.5 Å². The molecule has 0 radical (unpaired) electrons. The van der Waals surface area contributed by atoms with Gasteiger partial charge in [0.2, 0.25) is 0 Å². The molecule has 1 heterocycles. The average Bonchev–Trinajstić information content (AvgIpc) is 2.90. The van der Waals surface area contributed by atoms with Crippen LogP contribution in [0.4, 0.5) is 20.6 Å². The molecule has 8 heteroatoms. The monoisotopic (exact) mass is 385 g/mol. The van der Waals surface area contributed by atoms with Crippen molar-refractivity contribution in [1.29, 1.82) is 0 Å². The zero-order chi connectivity index (χ0) is 20.3. The summed E-state index contributed by atoms with van der Waals surface area (Å²) in [6.45, 7) is 0.194. The van der Waals surface area contributed by atoms with Crippen LogP contribution in [-0.4, -0.2) is 47.5 Å². The van der Waals surface area contributed by atoms with Gasteiger partial charge in [-0.25, -0.2) is 14.1 Å². The minimum atomic E-state index is -1.17. The fourth-order valence-corrected chi connectivity index (χ4v) is 3.17. The molecule has 146 valence electrons. The normalized spacial score (nSPS) is 16.6. The minimum absolute atomic E-state index is 0.194. The van der Waals surface area contributed by atoms with E-state index in [2.05, 4.69) is 5.32 Å². The number of carboxylic acids is 1. The van der Waals surface area contributed by atoms with Gasteiger partial charge in [0, 0.05) is 19.3 Å². The number of amides is 3. The highest BCUT2D eigenvalue weighted by molar-refractivity contribution is 6.21. The maximum Gasteiger partial charge on any atom is 0.332 e. The Hall–Kier alpha value is -3.42. The number of anilines is 2. The number of hydrogen-bond donors (Lipinski definition) is 2. The lowest BCUT2D eigenvalue weighted by molar-refractivity contribution is -0.139. The summed E-state index contributed by atoms with van der Waals surface area (Å²) in [7, 11) is 1.81. The maximum atomic E-state index is 13.2. The lowest BCUT2D eigenvalue weighted by atomic mass is 10.1. The molecule has 2 aromatic rings. The second kappa shape index (κ2) is 8.08. The summed E-state index contributed by atoms with van der Waals surface area (Å²) < 4.78 is 13.2. The Morgan fingerprint density at radius 2 is 1.75 bits per heavy atom. The van der Waals surface area contributed by atoms with E-state index in [-0.39, 0.29) is 12.2 Å². The molecule has 0 spiro atoms. The van der Waals surface area contributed by atoms with Gasteiger partial charge in [0.05, 0.1) is 12.1 Å². The number of carbonyl (C=O) groups is 3. The Balaban J connectivity index is 1.81. The standard InChI is InChI=1S/C20H20FN3O4/c1-22-15-6-2-13(3-7-15)10-11-23-17(12-18(25)26)19(27)24(20(23)28)16-8-4-14(21)5-9-16/h2-9,17,22H,10-12H2,1H3,(H,25,26). The fourth-order valence-electron chi connectivity index (χ4n) is 3.17. The number of nitrogens with one attached hydrogen (secondary N) is 1. The molecule has 0 bridgehead atoms. The molecule has 1 atom stereocenters. The Morgan fingerprint density at radius 3 is 2.32 bits per heavy atom. The Kier molecular flexibility index (Phi) is 5.58. The van der Waals surface area contributed by atoms with Gasteiger partial charge < -0.3 is 15.3 Å². The highest BCUT2D eigenvalue weighted by Crippen LogP contribution is 2.27. The highest BCUT2D eigenvalue weighted by Gasteiger charge is 2.46. The van der Waals surface area contributed by atoms with Crippen molar-refractivity contribution in [1.82, 2.24) is 4.90 Å². The van der Waals surface area contributed by atoms with Gasteiger partial charge in [0.25, 0.3) is 5.91 Å². The van der Waals surface area contributed by atoms with Crippen molar-refractivity contribution in [3.63, 3.8) is 0 Å². The van der Waals surface area contributed by atoms with Crippen molar-refractivity contribution in [3.05, 3.63) is 59.9 Å². The van der Waals surface area contributed by atoms with Crippen LogP contribution in [0.2, 0.25) is 0 Å². The van der Waals surface area contributed by atoms with Gasteiger partial charge in [-0.05, 0) is 48.4 Å². The van der Waals surface area contributed by atoms with E-state index in [1.165, 1.54) is 17.0 Å². The third-order valence-electron chi connectivity index (χ3n) is 4.66. The van der Waals surface area contributed by atoms with E-state index < -0.39 is 36.2 Å². The molecule has 0 saturated carbocycles. The van der Waals surface area contributed by atoms with Crippen LogP contribution in [0, 0.1) is 5.82 Å². The maximum absolute atomic E-state index is 13.2. The molecule has 2 N–H and O–H groups in total. The van der Waals surface area contributed by atoms with Crippen molar-refractivity contribution < 1.29 is 23.9 Å². The Morgan fingerprint density at radius 1 is 1.11 bits per heavy atom. The zero-order valence-electron chi connectivity index (χ0n) is 15.3. The smallest absolute Gasteiger partial charge is 0.332 e. The van der Waals surface area contributed by atoms with E-state index in [0.29, 0.717) is 6.42 Å². The first-order chi connectivity index (χ1) is 13.4. The van der Waals surface area contributed by atoms with Crippen LogP contribution in [0.5, 0.6) is 0 Å².